The summed E-state index contributed by atoms with van der Waals surface area (Å²) < 4.78 is 5.36. The molecule has 0 bridgehead atoms. The van der Waals surface area contributed by atoms with Crippen molar-refractivity contribution in [2.45, 2.75) is 31.7 Å². The Morgan fingerprint density at radius 3 is 2.93 bits per heavy atom. The Bertz CT molecular complexity index is 307. The summed E-state index contributed by atoms with van der Waals surface area (Å²) >= 11 is 1.79. The maximum Gasteiger partial charge on any atom is 0.0961 e. The molecule has 1 atom stereocenters. The fraction of sp³-hybridized carbons (Fsp3) is 0.727. The van der Waals surface area contributed by atoms with Gasteiger partial charge in [0.25, 0.3) is 0 Å². The molecule has 0 aliphatic carbocycles. The summed E-state index contributed by atoms with van der Waals surface area (Å²) in [5.74, 6) is 0.626. The molecule has 0 aromatic carbocycles. The number of aromatic nitrogens is 1. The zero-order chi connectivity index (χ0) is 10.7. The van der Waals surface area contributed by atoms with E-state index in [4.69, 9.17) is 9.72 Å². The van der Waals surface area contributed by atoms with E-state index in [1.165, 1.54) is 10.7 Å². The second-order valence-corrected chi connectivity index (χ2v) is 4.90. The van der Waals surface area contributed by atoms with Gasteiger partial charge in [0.05, 0.1) is 10.7 Å². The molecule has 1 fully saturated rings. The Balaban J connectivity index is 2.05. The summed E-state index contributed by atoms with van der Waals surface area (Å²) in [6.45, 7) is 3.92. The molecule has 1 saturated heterocycles. The van der Waals surface area contributed by atoms with E-state index in [9.17, 15) is 0 Å². The minimum absolute atomic E-state index is 0.356. The molecule has 2 rings (SSSR count). The Morgan fingerprint density at radius 1 is 1.53 bits per heavy atom. The monoisotopic (exact) mass is 226 g/mol. The number of ether oxygens (including phenoxy) is 1. The number of hydrogen-bond donors (Lipinski definition) is 1. The summed E-state index contributed by atoms with van der Waals surface area (Å²) in [5, 5.41) is 6.68. The second-order valence-electron chi connectivity index (χ2n) is 4.01. The Morgan fingerprint density at radius 2 is 2.27 bits per heavy atom. The summed E-state index contributed by atoms with van der Waals surface area (Å²) in [4.78, 5) is 4.71. The van der Waals surface area contributed by atoms with E-state index in [0.29, 0.717) is 12.0 Å². The summed E-state index contributed by atoms with van der Waals surface area (Å²) in [5.41, 5.74) is 1.17. The molecule has 0 radical (unpaired) electrons. The first kappa shape index (κ1) is 11.0. The van der Waals surface area contributed by atoms with Gasteiger partial charge in [-0.1, -0.05) is 0 Å². The molecule has 0 saturated carbocycles. The zero-order valence-electron chi connectivity index (χ0n) is 9.32. The van der Waals surface area contributed by atoms with E-state index >= 15 is 0 Å². The van der Waals surface area contributed by atoms with Crippen molar-refractivity contribution in [3.05, 3.63) is 16.1 Å². The Kier molecular flexibility index (Phi) is 3.72. The fourth-order valence-corrected chi connectivity index (χ4v) is 2.86. The second kappa shape index (κ2) is 5.05. The molecule has 0 spiro atoms. The van der Waals surface area contributed by atoms with Gasteiger partial charge in [-0.3, -0.25) is 0 Å². The molecule has 3 nitrogen and oxygen atoms in total. The van der Waals surface area contributed by atoms with Gasteiger partial charge in [-0.05, 0) is 26.8 Å². The molecule has 1 unspecified atom stereocenters. The van der Waals surface area contributed by atoms with Crippen molar-refractivity contribution in [1.29, 1.82) is 0 Å². The highest BCUT2D eigenvalue weighted by Gasteiger charge is 2.19. The third-order valence-electron chi connectivity index (χ3n) is 2.99. The lowest BCUT2D eigenvalue weighted by molar-refractivity contribution is 0.0852. The predicted molar refractivity (Wildman–Crippen MR) is 62.4 cm³/mol. The van der Waals surface area contributed by atoms with Crippen LogP contribution >= 0.6 is 11.3 Å². The maximum atomic E-state index is 5.36. The van der Waals surface area contributed by atoms with E-state index in [1.807, 2.05) is 7.05 Å². The molecule has 1 N–H and O–H groups in total. The smallest absolute Gasteiger partial charge is 0.0961 e. The Labute approximate surface area is 94.9 Å². The van der Waals surface area contributed by atoms with Crippen LogP contribution in [-0.4, -0.2) is 25.2 Å². The number of rotatable bonds is 3. The van der Waals surface area contributed by atoms with Crippen molar-refractivity contribution in [2.75, 3.05) is 20.3 Å². The van der Waals surface area contributed by atoms with E-state index in [2.05, 4.69) is 17.6 Å². The van der Waals surface area contributed by atoms with Gasteiger partial charge in [0.15, 0.2) is 0 Å². The molecule has 1 aliphatic rings. The van der Waals surface area contributed by atoms with Crippen molar-refractivity contribution >= 4 is 11.3 Å². The molecule has 0 amide bonds. The number of nitrogens with one attached hydrogen (secondary N) is 1. The first-order valence-corrected chi connectivity index (χ1v) is 6.39. The average Bonchev–Trinajstić information content (AvgIpc) is 2.78. The van der Waals surface area contributed by atoms with Crippen LogP contribution in [0.1, 0.15) is 42.4 Å². The number of hydrogen-bond acceptors (Lipinski definition) is 4. The van der Waals surface area contributed by atoms with Crippen LogP contribution in [-0.2, 0) is 4.74 Å². The van der Waals surface area contributed by atoms with Crippen LogP contribution in [0.4, 0.5) is 0 Å². The van der Waals surface area contributed by atoms with Gasteiger partial charge < -0.3 is 10.1 Å². The van der Waals surface area contributed by atoms with Crippen molar-refractivity contribution < 1.29 is 4.74 Å². The third kappa shape index (κ3) is 2.56. The van der Waals surface area contributed by atoms with E-state index < -0.39 is 0 Å². The average molecular weight is 226 g/mol. The van der Waals surface area contributed by atoms with Crippen LogP contribution in [0.5, 0.6) is 0 Å². The van der Waals surface area contributed by atoms with E-state index in [-0.39, 0.29) is 0 Å². The summed E-state index contributed by atoms with van der Waals surface area (Å²) in [6, 6.07) is 0.356. The Hall–Kier alpha value is -0.450. The fourth-order valence-electron chi connectivity index (χ4n) is 1.78. The van der Waals surface area contributed by atoms with Gasteiger partial charge in [0.2, 0.25) is 0 Å². The minimum Gasteiger partial charge on any atom is -0.381 e. The van der Waals surface area contributed by atoms with Crippen molar-refractivity contribution in [3.63, 3.8) is 0 Å². The molecule has 1 aliphatic heterocycles. The maximum absolute atomic E-state index is 5.36. The summed E-state index contributed by atoms with van der Waals surface area (Å²) in [6.07, 6.45) is 2.25. The molecular weight excluding hydrogens is 208 g/mol. The molecule has 15 heavy (non-hydrogen) atoms. The summed E-state index contributed by atoms with van der Waals surface area (Å²) in [7, 11) is 1.97. The molecule has 84 valence electrons. The third-order valence-corrected chi connectivity index (χ3v) is 4.01. The van der Waals surface area contributed by atoms with Crippen molar-refractivity contribution in [2.24, 2.45) is 0 Å². The van der Waals surface area contributed by atoms with Crippen LogP contribution in [0.2, 0.25) is 0 Å². The van der Waals surface area contributed by atoms with E-state index in [0.717, 1.165) is 26.1 Å². The quantitative estimate of drug-likeness (QED) is 0.859. The van der Waals surface area contributed by atoms with Crippen LogP contribution in [0, 0.1) is 0 Å². The lowest BCUT2D eigenvalue weighted by Gasteiger charge is -2.19. The molecule has 2 heterocycles. The van der Waals surface area contributed by atoms with Crippen molar-refractivity contribution in [3.8, 4) is 0 Å². The van der Waals surface area contributed by atoms with Crippen LogP contribution in [0.3, 0.4) is 0 Å². The number of nitrogens with zero attached hydrogens (tertiary/aromatic N) is 1. The predicted octanol–water partition coefficient (Wildman–Crippen LogP) is 2.32. The van der Waals surface area contributed by atoms with Gasteiger partial charge in [0.1, 0.15) is 0 Å². The van der Waals surface area contributed by atoms with E-state index in [1.54, 1.807) is 11.3 Å². The molecule has 1 aromatic heterocycles. The van der Waals surface area contributed by atoms with Crippen molar-refractivity contribution in [1.82, 2.24) is 10.3 Å². The van der Waals surface area contributed by atoms with Gasteiger partial charge in [-0.2, -0.15) is 0 Å². The van der Waals surface area contributed by atoms with Gasteiger partial charge in [-0.25, -0.2) is 4.98 Å². The highest BCUT2D eigenvalue weighted by atomic mass is 32.1. The van der Waals surface area contributed by atoms with Crippen LogP contribution in [0.25, 0.3) is 0 Å². The standard InChI is InChI=1S/C11H18N2OS/c1-8(12-2)10-7-15-11(13-10)9-3-5-14-6-4-9/h7-9,12H,3-6H2,1-2H3. The van der Waals surface area contributed by atoms with Gasteiger partial charge in [0, 0.05) is 30.6 Å². The lowest BCUT2D eigenvalue weighted by atomic mass is 10.0. The highest BCUT2D eigenvalue weighted by molar-refractivity contribution is 7.09. The van der Waals surface area contributed by atoms with Crippen LogP contribution in [0.15, 0.2) is 5.38 Å². The number of thiazole rings is 1. The minimum atomic E-state index is 0.356. The first-order valence-electron chi connectivity index (χ1n) is 5.51. The largest absolute Gasteiger partial charge is 0.381 e. The molecule has 1 aromatic rings. The van der Waals surface area contributed by atoms with Gasteiger partial charge >= 0.3 is 0 Å². The molecular formula is C11H18N2OS. The lowest BCUT2D eigenvalue weighted by Crippen LogP contribution is -2.15. The normalized spacial score (nSPS) is 20.4. The van der Waals surface area contributed by atoms with Crippen LogP contribution < -0.4 is 5.32 Å². The first-order chi connectivity index (χ1) is 7.31. The topological polar surface area (TPSA) is 34.1 Å². The SMILES string of the molecule is CNC(C)c1csc(C2CCOCC2)n1. The van der Waals surface area contributed by atoms with Gasteiger partial charge in [-0.15, -0.1) is 11.3 Å². The highest BCUT2D eigenvalue weighted by Crippen LogP contribution is 2.30. The zero-order valence-corrected chi connectivity index (χ0v) is 10.1. The molecule has 4 heteroatoms.